The van der Waals surface area contributed by atoms with E-state index in [-0.39, 0.29) is 23.0 Å². The largest absolute Gasteiger partial charge is 0.478 e. The first kappa shape index (κ1) is 12.5. The average molecular weight is 243 g/mol. The van der Waals surface area contributed by atoms with E-state index in [0.29, 0.717) is 5.69 Å². The van der Waals surface area contributed by atoms with E-state index >= 15 is 0 Å². The van der Waals surface area contributed by atoms with Gasteiger partial charge in [-0.25, -0.2) is 4.79 Å². The van der Waals surface area contributed by atoms with E-state index in [1.807, 2.05) is 0 Å². The van der Waals surface area contributed by atoms with Crippen molar-refractivity contribution in [1.29, 1.82) is 0 Å². The third kappa shape index (κ3) is 3.22. The number of carbonyl (C=O) groups excluding carboxylic acids is 1. The van der Waals surface area contributed by atoms with Crippen LogP contribution in [0, 0.1) is 0 Å². The summed E-state index contributed by atoms with van der Waals surface area (Å²) in [4.78, 5) is 21.9. The van der Waals surface area contributed by atoms with E-state index in [9.17, 15) is 9.59 Å². The molecule has 0 aliphatic carbocycles. The number of carboxylic acid groups (broad SMARTS) is 1. The summed E-state index contributed by atoms with van der Waals surface area (Å²) in [6.45, 7) is 0.164. The van der Waals surface area contributed by atoms with Gasteiger partial charge in [0, 0.05) is 0 Å². The zero-order valence-corrected chi connectivity index (χ0v) is 9.34. The molecule has 0 saturated carbocycles. The summed E-state index contributed by atoms with van der Waals surface area (Å²) in [5.74, 6) is -1.30. The fraction of sp³-hybridized carbons (Fsp3) is 0.200. The topological polar surface area (TPSA) is 78.4 Å². The molecule has 16 heavy (non-hydrogen) atoms. The van der Waals surface area contributed by atoms with E-state index < -0.39 is 5.97 Å². The summed E-state index contributed by atoms with van der Waals surface area (Å²) < 4.78 is 0. The number of halogens is 1. The molecule has 0 unspecified atom stereocenters. The molecule has 0 heterocycles. The second-order valence-electron chi connectivity index (χ2n) is 3.08. The summed E-state index contributed by atoms with van der Waals surface area (Å²) in [7, 11) is 1.65. The minimum atomic E-state index is -1.06. The van der Waals surface area contributed by atoms with Crippen LogP contribution in [0.25, 0.3) is 0 Å². The van der Waals surface area contributed by atoms with Crippen molar-refractivity contribution in [2.75, 3.05) is 18.9 Å². The first-order chi connectivity index (χ1) is 7.54. The van der Waals surface area contributed by atoms with Crippen molar-refractivity contribution in [3.8, 4) is 0 Å². The molecule has 0 aromatic heterocycles. The minimum absolute atomic E-state index is 0.0802. The first-order valence-electron chi connectivity index (χ1n) is 4.52. The van der Waals surface area contributed by atoms with E-state index in [2.05, 4.69) is 10.6 Å². The van der Waals surface area contributed by atoms with Crippen LogP contribution in [-0.4, -0.2) is 30.6 Å². The van der Waals surface area contributed by atoms with Gasteiger partial charge < -0.3 is 15.7 Å². The number of hydrogen-bond acceptors (Lipinski definition) is 3. The van der Waals surface area contributed by atoms with Crippen molar-refractivity contribution in [2.24, 2.45) is 0 Å². The lowest BCUT2D eigenvalue weighted by Gasteiger charge is -2.07. The number of anilines is 1. The molecule has 0 bridgehead atoms. The predicted octanol–water partition coefficient (Wildman–Crippen LogP) is 1.20. The molecule has 1 aromatic rings. The molecule has 0 radical (unpaired) electrons. The summed E-state index contributed by atoms with van der Waals surface area (Å²) >= 11 is 5.82. The van der Waals surface area contributed by atoms with Gasteiger partial charge in [-0.15, -0.1) is 0 Å². The molecule has 6 heteroatoms. The Hall–Kier alpha value is -1.59. The lowest BCUT2D eigenvalue weighted by molar-refractivity contribution is -0.115. The molecule has 1 rings (SSSR count). The molecule has 1 aromatic carbocycles. The first-order valence-corrected chi connectivity index (χ1v) is 4.89. The molecule has 86 valence electrons. The van der Waals surface area contributed by atoms with Crippen molar-refractivity contribution in [2.45, 2.75) is 0 Å². The van der Waals surface area contributed by atoms with Crippen LogP contribution < -0.4 is 10.6 Å². The molecule has 0 fully saturated rings. The van der Waals surface area contributed by atoms with Crippen molar-refractivity contribution in [3.05, 3.63) is 28.8 Å². The summed E-state index contributed by atoms with van der Waals surface area (Å²) in [6.07, 6.45) is 0. The van der Waals surface area contributed by atoms with Crippen molar-refractivity contribution in [3.63, 3.8) is 0 Å². The van der Waals surface area contributed by atoms with Crippen LogP contribution in [0.4, 0.5) is 5.69 Å². The summed E-state index contributed by atoms with van der Waals surface area (Å²) in [6, 6.07) is 4.13. The molecular formula is C10H11ClN2O3. The molecule has 1 amide bonds. The zero-order chi connectivity index (χ0) is 12.1. The Kier molecular flexibility index (Phi) is 4.28. The predicted molar refractivity (Wildman–Crippen MR) is 61.0 cm³/mol. The number of hydrogen-bond donors (Lipinski definition) is 3. The van der Waals surface area contributed by atoms with E-state index in [1.165, 1.54) is 18.2 Å². The molecule has 0 spiro atoms. The third-order valence-electron chi connectivity index (χ3n) is 1.83. The highest BCUT2D eigenvalue weighted by molar-refractivity contribution is 6.34. The summed E-state index contributed by atoms with van der Waals surface area (Å²) in [5, 5.41) is 14.1. The lowest BCUT2D eigenvalue weighted by Crippen LogP contribution is -2.25. The van der Waals surface area contributed by atoms with Gasteiger partial charge >= 0.3 is 5.97 Å². The maximum absolute atomic E-state index is 11.2. The molecule has 5 nitrogen and oxygen atoms in total. The number of benzene rings is 1. The zero-order valence-electron chi connectivity index (χ0n) is 8.58. The van der Waals surface area contributed by atoms with Gasteiger partial charge in [-0.1, -0.05) is 11.6 Å². The number of carboxylic acids is 1. The van der Waals surface area contributed by atoms with Gasteiger partial charge in [0.25, 0.3) is 0 Å². The van der Waals surface area contributed by atoms with Crippen LogP contribution in [0.15, 0.2) is 18.2 Å². The lowest BCUT2D eigenvalue weighted by atomic mass is 10.2. The van der Waals surface area contributed by atoms with Gasteiger partial charge in [0.15, 0.2) is 0 Å². The molecule has 0 aliphatic rings. The Balaban J connectivity index is 2.83. The average Bonchev–Trinajstić information content (AvgIpc) is 2.21. The Labute approximate surface area is 97.4 Å². The quantitative estimate of drug-likeness (QED) is 0.741. The molecule has 0 saturated heterocycles. The van der Waals surface area contributed by atoms with Gasteiger partial charge in [0.1, 0.15) is 0 Å². The number of carbonyl (C=O) groups is 2. The van der Waals surface area contributed by atoms with E-state index in [1.54, 1.807) is 7.05 Å². The number of amides is 1. The van der Waals surface area contributed by atoms with Crippen LogP contribution >= 0.6 is 11.6 Å². The minimum Gasteiger partial charge on any atom is -0.478 e. The smallest absolute Gasteiger partial charge is 0.335 e. The third-order valence-corrected chi connectivity index (χ3v) is 2.14. The van der Waals surface area contributed by atoms with Crippen molar-refractivity contribution < 1.29 is 14.7 Å². The SMILES string of the molecule is CNCC(=O)Nc1ccc(C(=O)O)cc1Cl. The van der Waals surface area contributed by atoms with Gasteiger partial charge in [-0.3, -0.25) is 4.79 Å². The Bertz CT molecular complexity index is 421. The van der Waals surface area contributed by atoms with Crippen LogP contribution in [0.1, 0.15) is 10.4 Å². The summed E-state index contributed by atoms with van der Waals surface area (Å²) in [5.41, 5.74) is 0.475. The van der Waals surface area contributed by atoms with Crippen LogP contribution in [-0.2, 0) is 4.79 Å². The normalized spacial score (nSPS) is 9.88. The molecule has 0 aliphatic heterocycles. The molecule has 3 N–H and O–H groups in total. The van der Waals surface area contributed by atoms with Crippen molar-refractivity contribution in [1.82, 2.24) is 5.32 Å². The number of likely N-dealkylation sites (N-methyl/N-ethyl adjacent to an activating group) is 1. The highest BCUT2D eigenvalue weighted by Crippen LogP contribution is 2.22. The maximum Gasteiger partial charge on any atom is 0.335 e. The highest BCUT2D eigenvalue weighted by Gasteiger charge is 2.08. The monoisotopic (exact) mass is 242 g/mol. The maximum atomic E-state index is 11.2. The van der Waals surface area contributed by atoms with E-state index in [0.717, 1.165) is 0 Å². The Morgan fingerprint density at radius 1 is 1.44 bits per heavy atom. The van der Waals surface area contributed by atoms with Crippen molar-refractivity contribution >= 4 is 29.2 Å². The van der Waals surface area contributed by atoms with E-state index in [4.69, 9.17) is 16.7 Å². The van der Waals surface area contributed by atoms with Crippen LogP contribution in [0.3, 0.4) is 0 Å². The number of nitrogens with one attached hydrogen (secondary N) is 2. The highest BCUT2D eigenvalue weighted by atomic mass is 35.5. The fourth-order valence-electron chi connectivity index (χ4n) is 1.10. The van der Waals surface area contributed by atoms with Crippen LogP contribution in [0.2, 0.25) is 5.02 Å². The van der Waals surface area contributed by atoms with Gasteiger partial charge in [0.05, 0.1) is 22.8 Å². The second kappa shape index (κ2) is 5.48. The standard InChI is InChI=1S/C10H11ClN2O3/c1-12-5-9(14)13-8-3-2-6(10(15)16)4-7(8)11/h2-4,12H,5H2,1H3,(H,13,14)(H,15,16). The Morgan fingerprint density at radius 3 is 2.62 bits per heavy atom. The molecular weight excluding hydrogens is 232 g/mol. The van der Waals surface area contributed by atoms with Crippen LogP contribution in [0.5, 0.6) is 0 Å². The Morgan fingerprint density at radius 2 is 2.12 bits per heavy atom. The molecule has 0 atom stereocenters. The number of rotatable bonds is 4. The van der Waals surface area contributed by atoms with Gasteiger partial charge in [-0.2, -0.15) is 0 Å². The van der Waals surface area contributed by atoms with Gasteiger partial charge in [-0.05, 0) is 25.2 Å². The van der Waals surface area contributed by atoms with Gasteiger partial charge in [0.2, 0.25) is 5.91 Å². The second-order valence-corrected chi connectivity index (χ2v) is 3.49. The fourth-order valence-corrected chi connectivity index (χ4v) is 1.33. The number of aromatic carboxylic acids is 1.